The quantitative estimate of drug-likeness (QED) is 0.449. The second-order valence-electron chi connectivity index (χ2n) is 3.29. The molecular weight excluding hydrogens is 228 g/mol. The van der Waals surface area contributed by atoms with Crippen LogP contribution >= 0.6 is 0 Å². The topological polar surface area (TPSA) is 110 Å². The number of aliphatic carboxylic acids is 1. The third kappa shape index (κ3) is 5.30. The fourth-order valence-corrected chi connectivity index (χ4v) is 1.18. The molecule has 1 amide bonds. The summed E-state index contributed by atoms with van der Waals surface area (Å²) in [5.41, 5.74) is 5.42. The molecule has 0 saturated heterocycles. The van der Waals surface area contributed by atoms with Crippen molar-refractivity contribution in [3.63, 3.8) is 0 Å². The smallest absolute Gasteiger partial charge is 0.332 e. The summed E-state index contributed by atoms with van der Waals surface area (Å²) in [5.74, 6) is -2.43. The van der Waals surface area contributed by atoms with Gasteiger partial charge in [0.2, 0.25) is 0 Å². The van der Waals surface area contributed by atoms with Crippen molar-refractivity contribution < 1.29 is 24.2 Å². The Morgan fingerprint density at radius 3 is 2.35 bits per heavy atom. The van der Waals surface area contributed by atoms with E-state index in [1.54, 1.807) is 13.8 Å². The number of carbonyl (C=O) groups is 3. The summed E-state index contributed by atoms with van der Waals surface area (Å²) in [6, 6.07) is -1.39. The van der Waals surface area contributed by atoms with Crippen LogP contribution in [0.25, 0.3) is 0 Å². The molecule has 0 radical (unpaired) electrons. The number of hydrogen-bond donors (Lipinski definition) is 2. The predicted molar refractivity (Wildman–Crippen MR) is 59.1 cm³/mol. The fourth-order valence-electron chi connectivity index (χ4n) is 1.18. The molecule has 0 aliphatic heterocycles. The normalized spacial score (nSPS) is 11.7. The second kappa shape index (κ2) is 7.61. The molecule has 0 heterocycles. The first-order valence-corrected chi connectivity index (χ1v) is 5.36. The molecule has 7 nitrogen and oxygen atoms in total. The molecule has 0 aliphatic rings. The van der Waals surface area contributed by atoms with E-state index in [0.717, 1.165) is 0 Å². The van der Waals surface area contributed by atoms with Crippen LogP contribution in [0.2, 0.25) is 0 Å². The van der Waals surface area contributed by atoms with E-state index >= 15 is 0 Å². The fraction of sp³-hybridized carbons (Fsp3) is 0.700. The highest BCUT2D eigenvalue weighted by Gasteiger charge is 2.27. The third-order valence-electron chi connectivity index (χ3n) is 2.10. The SMILES string of the molecule is CCOC(=O)C(N)C(=O)N(CC)CCC(=O)O. The average Bonchev–Trinajstić information content (AvgIpc) is 2.28. The molecular formula is C10H18N2O5. The van der Waals surface area contributed by atoms with Crippen molar-refractivity contribution in [2.45, 2.75) is 26.3 Å². The Hall–Kier alpha value is -1.63. The molecule has 0 aliphatic carbocycles. The average molecular weight is 246 g/mol. The molecule has 0 bridgehead atoms. The van der Waals surface area contributed by atoms with Crippen molar-refractivity contribution in [2.75, 3.05) is 19.7 Å². The van der Waals surface area contributed by atoms with E-state index in [9.17, 15) is 14.4 Å². The Morgan fingerprint density at radius 1 is 1.35 bits per heavy atom. The van der Waals surface area contributed by atoms with Crippen molar-refractivity contribution in [2.24, 2.45) is 5.73 Å². The van der Waals surface area contributed by atoms with Crippen molar-refractivity contribution >= 4 is 17.8 Å². The van der Waals surface area contributed by atoms with Gasteiger partial charge in [0.25, 0.3) is 5.91 Å². The summed E-state index contributed by atoms with van der Waals surface area (Å²) in [6.45, 7) is 3.74. The Labute approximate surface area is 99.5 Å². The molecule has 0 spiro atoms. The molecule has 0 aromatic carbocycles. The first-order valence-electron chi connectivity index (χ1n) is 5.36. The van der Waals surface area contributed by atoms with Crippen LogP contribution in [0.1, 0.15) is 20.3 Å². The number of esters is 1. The molecule has 7 heteroatoms. The minimum absolute atomic E-state index is 0.0256. The third-order valence-corrected chi connectivity index (χ3v) is 2.10. The highest BCUT2D eigenvalue weighted by Crippen LogP contribution is 1.98. The minimum atomic E-state index is -1.39. The van der Waals surface area contributed by atoms with E-state index in [1.807, 2.05) is 0 Å². The number of rotatable bonds is 7. The van der Waals surface area contributed by atoms with Crippen molar-refractivity contribution in [1.82, 2.24) is 4.90 Å². The van der Waals surface area contributed by atoms with Crippen LogP contribution in [0.4, 0.5) is 0 Å². The van der Waals surface area contributed by atoms with E-state index in [4.69, 9.17) is 10.8 Å². The first-order chi connectivity index (χ1) is 7.93. The Balaban J connectivity index is 4.41. The van der Waals surface area contributed by atoms with Crippen molar-refractivity contribution in [3.05, 3.63) is 0 Å². The van der Waals surface area contributed by atoms with Gasteiger partial charge in [0.1, 0.15) is 0 Å². The van der Waals surface area contributed by atoms with Gasteiger partial charge in [-0.2, -0.15) is 0 Å². The molecule has 0 fully saturated rings. The van der Waals surface area contributed by atoms with Crippen LogP contribution in [-0.2, 0) is 19.1 Å². The number of carbonyl (C=O) groups excluding carboxylic acids is 2. The molecule has 1 unspecified atom stereocenters. The highest BCUT2D eigenvalue weighted by atomic mass is 16.5. The van der Waals surface area contributed by atoms with Gasteiger partial charge in [-0.05, 0) is 13.8 Å². The van der Waals surface area contributed by atoms with Crippen molar-refractivity contribution in [3.8, 4) is 0 Å². The van der Waals surface area contributed by atoms with Gasteiger partial charge in [0.15, 0.2) is 6.04 Å². The number of likely N-dealkylation sites (N-methyl/N-ethyl adjacent to an activating group) is 1. The highest BCUT2D eigenvalue weighted by molar-refractivity contribution is 6.01. The predicted octanol–water partition coefficient (Wildman–Crippen LogP) is -0.800. The summed E-state index contributed by atoms with van der Waals surface area (Å²) < 4.78 is 4.62. The van der Waals surface area contributed by atoms with Gasteiger partial charge in [-0.15, -0.1) is 0 Å². The standard InChI is InChI=1S/C10H18N2O5/c1-3-12(6-5-7(13)14)9(15)8(11)10(16)17-4-2/h8H,3-6,11H2,1-2H3,(H,13,14). The number of carboxylic acids is 1. The Morgan fingerprint density at radius 2 is 1.94 bits per heavy atom. The van der Waals surface area contributed by atoms with E-state index < -0.39 is 23.9 Å². The lowest BCUT2D eigenvalue weighted by Crippen LogP contribution is -2.49. The van der Waals surface area contributed by atoms with Crippen LogP contribution in [0.5, 0.6) is 0 Å². The number of carboxylic acid groups (broad SMARTS) is 1. The zero-order chi connectivity index (χ0) is 13.4. The van der Waals surface area contributed by atoms with Crippen LogP contribution in [0.3, 0.4) is 0 Å². The second-order valence-corrected chi connectivity index (χ2v) is 3.29. The summed E-state index contributed by atoms with van der Waals surface area (Å²) >= 11 is 0. The van der Waals surface area contributed by atoms with E-state index in [-0.39, 0.29) is 19.6 Å². The minimum Gasteiger partial charge on any atom is -0.481 e. The van der Waals surface area contributed by atoms with Gasteiger partial charge in [-0.3, -0.25) is 9.59 Å². The van der Waals surface area contributed by atoms with Gasteiger partial charge in [-0.1, -0.05) is 0 Å². The van der Waals surface area contributed by atoms with E-state index in [2.05, 4.69) is 4.74 Å². The molecule has 3 N–H and O–H groups in total. The lowest BCUT2D eigenvalue weighted by Gasteiger charge is -2.22. The monoisotopic (exact) mass is 246 g/mol. The molecule has 0 rings (SSSR count). The maximum atomic E-state index is 11.7. The number of ether oxygens (including phenoxy) is 1. The van der Waals surface area contributed by atoms with Crippen LogP contribution < -0.4 is 5.73 Å². The first kappa shape index (κ1) is 15.4. The van der Waals surface area contributed by atoms with Crippen LogP contribution in [0, 0.1) is 0 Å². The largest absolute Gasteiger partial charge is 0.481 e. The summed E-state index contributed by atoms with van der Waals surface area (Å²) in [4.78, 5) is 34.5. The van der Waals surface area contributed by atoms with Gasteiger partial charge in [0.05, 0.1) is 13.0 Å². The number of hydrogen-bond acceptors (Lipinski definition) is 5. The van der Waals surface area contributed by atoms with Gasteiger partial charge < -0.3 is 20.5 Å². The summed E-state index contributed by atoms with van der Waals surface area (Å²) in [7, 11) is 0. The van der Waals surface area contributed by atoms with E-state index in [0.29, 0.717) is 6.54 Å². The Kier molecular flexibility index (Phi) is 6.88. The maximum Gasteiger partial charge on any atom is 0.332 e. The zero-order valence-corrected chi connectivity index (χ0v) is 10.0. The van der Waals surface area contributed by atoms with Crippen LogP contribution in [0.15, 0.2) is 0 Å². The molecule has 98 valence electrons. The molecule has 0 saturated carbocycles. The zero-order valence-electron chi connectivity index (χ0n) is 10.0. The van der Waals surface area contributed by atoms with Gasteiger partial charge in [0, 0.05) is 13.1 Å². The number of nitrogens with zero attached hydrogens (tertiary/aromatic N) is 1. The Bertz CT molecular complexity index is 292. The maximum absolute atomic E-state index is 11.7. The lowest BCUT2D eigenvalue weighted by atomic mass is 10.2. The molecule has 1 atom stereocenters. The van der Waals surface area contributed by atoms with E-state index in [1.165, 1.54) is 4.90 Å². The molecule has 0 aromatic rings. The van der Waals surface area contributed by atoms with Crippen molar-refractivity contribution in [1.29, 1.82) is 0 Å². The molecule has 0 aromatic heterocycles. The van der Waals surface area contributed by atoms with Crippen LogP contribution in [-0.4, -0.2) is 53.6 Å². The molecule has 17 heavy (non-hydrogen) atoms. The summed E-state index contributed by atoms with van der Waals surface area (Å²) in [6.07, 6.45) is -0.185. The number of amides is 1. The summed E-state index contributed by atoms with van der Waals surface area (Å²) in [5, 5.41) is 8.51. The lowest BCUT2D eigenvalue weighted by molar-refractivity contribution is -0.150. The number of nitrogens with two attached hydrogens (primary N) is 1. The van der Waals surface area contributed by atoms with Gasteiger partial charge in [-0.25, -0.2) is 4.79 Å². The van der Waals surface area contributed by atoms with Gasteiger partial charge >= 0.3 is 11.9 Å².